The Morgan fingerprint density at radius 3 is 2.66 bits per heavy atom. The second kappa shape index (κ2) is 9.68. The highest BCUT2D eigenvalue weighted by Crippen LogP contribution is 2.33. The molecule has 1 saturated carbocycles. The Balaban J connectivity index is 1.35. The lowest BCUT2D eigenvalue weighted by molar-refractivity contribution is -0.139. The van der Waals surface area contributed by atoms with Crippen LogP contribution in [-0.4, -0.2) is 54.4 Å². The number of carbonyl (C=O) groups excluding carboxylic acids is 3. The number of unbranched alkanes of at least 4 members (excludes halogenated alkanes) is 1. The van der Waals surface area contributed by atoms with Crippen LogP contribution in [0.1, 0.15) is 57.4 Å². The van der Waals surface area contributed by atoms with Gasteiger partial charge in [0.25, 0.3) is 5.91 Å². The standard InChI is InChI=1S/C21H27N7O3S/c1-2-3-7-15-8-10-16(11-9-15)27-20(23-25-26-27)32-14-17(29)24-28-18(30)21(22-19(28)31)12-5-4-6-13-21/h8-11H,2-7,12-14H2,1H3,(H,22,31)(H,24,29). The number of hydrazine groups is 1. The average molecular weight is 458 g/mol. The third-order valence-electron chi connectivity index (χ3n) is 5.88. The van der Waals surface area contributed by atoms with E-state index in [1.165, 1.54) is 5.56 Å². The largest absolute Gasteiger partial charge is 0.344 e. The third-order valence-corrected chi connectivity index (χ3v) is 6.80. The third kappa shape index (κ3) is 4.62. The van der Waals surface area contributed by atoms with E-state index in [-0.39, 0.29) is 11.7 Å². The lowest BCUT2D eigenvalue weighted by atomic mass is 9.82. The Morgan fingerprint density at radius 1 is 1.19 bits per heavy atom. The molecular formula is C21H27N7O3S. The lowest BCUT2D eigenvalue weighted by Gasteiger charge is -2.30. The fourth-order valence-corrected chi connectivity index (χ4v) is 4.80. The van der Waals surface area contributed by atoms with E-state index in [9.17, 15) is 14.4 Å². The molecule has 1 aromatic carbocycles. The SMILES string of the molecule is CCCCc1ccc(-n2nnnc2SCC(=O)NN2C(=O)NC3(CCCCC3)C2=O)cc1. The molecule has 0 unspecified atom stereocenters. The summed E-state index contributed by atoms with van der Waals surface area (Å²) in [5, 5.41) is 15.8. The minimum Gasteiger partial charge on any atom is -0.322 e. The highest BCUT2D eigenvalue weighted by molar-refractivity contribution is 7.99. The summed E-state index contributed by atoms with van der Waals surface area (Å²) in [6.07, 6.45) is 7.32. The van der Waals surface area contributed by atoms with Gasteiger partial charge in [-0.25, -0.2) is 4.79 Å². The summed E-state index contributed by atoms with van der Waals surface area (Å²) in [5.74, 6) is -0.900. The molecule has 0 radical (unpaired) electrons. The predicted molar refractivity (Wildman–Crippen MR) is 118 cm³/mol. The van der Waals surface area contributed by atoms with Crippen molar-refractivity contribution in [2.24, 2.45) is 0 Å². The van der Waals surface area contributed by atoms with Crippen molar-refractivity contribution < 1.29 is 14.4 Å². The molecule has 2 aliphatic rings. The van der Waals surface area contributed by atoms with Crippen molar-refractivity contribution in [2.45, 2.75) is 69.0 Å². The minimum absolute atomic E-state index is 0.0426. The van der Waals surface area contributed by atoms with E-state index in [0.29, 0.717) is 18.0 Å². The summed E-state index contributed by atoms with van der Waals surface area (Å²) in [7, 11) is 0. The van der Waals surface area contributed by atoms with Crippen LogP contribution in [0.2, 0.25) is 0 Å². The zero-order valence-electron chi connectivity index (χ0n) is 18.0. The van der Waals surface area contributed by atoms with Crippen LogP contribution in [0.25, 0.3) is 5.69 Å². The van der Waals surface area contributed by atoms with Crippen molar-refractivity contribution in [3.63, 3.8) is 0 Å². The first kappa shape index (κ1) is 22.3. The molecular weight excluding hydrogens is 430 g/mol. The molecule has 0 atom stereocenters. The van der Waals surface area contributed by atoms with Crippen molar-refractivity contribution in [1.29, 1.82) is 0 Å². The minimum atomic E-state index is -0.872. The van der Waals surface area contributed by atoms with Crippen LogP contribution in [0, 0.1) is 0 Å². The summed E-state index contributed by atoms with van der Waals surface area (Å²) in [4.78, 5) is 37.5. The number of rotatable bonds is 8. The zero-order valence-corrected chi connectivity index (χ0v) is 18.9. The average Bonchev–Trinajstić information content (AvgIpc) is 3.36. The van der Waals surface area contributed by atoms with Crippen LogP contribution in [0.3, 0.4) is 0 Å². The Hall–Kier alpha value is -2.95. The number of hydrogen-bond acceptors (Lipinski definition) is 7. The number of hydrogen-bond donors (Lipinski definition) is 2. The van der Waals surface area contributed by atoms with Crippen LogP contribution >= 0.6 is 11.8 Å². The monoisotopic (exact) mass is 457 g/mol. The molecule has 1 aromatic heterocycles. The fraction of sp³-hybridized carbons (Fsp3) is 0.524. The number of urea groups is 1. The smallest absolute Gasteiger partial charge is 0.322 e. The molecule has 4 rings (SSSR count). The van der Waals surface area contributed by atoms with Crippen LogP contribution in [-0.2, 0) is 16.0 Å². The molecule has 11 heteroatoms. The molecule has 2 heterocycles. The van der Waals surface area contributed by atoms with Crippen molar-refractivity contribution in [3.8, 4) is 5.69 Å². The number of tetrazole rings is 1. The summed E-state index contributed by atoms with van der Waals surface area (Å²) in [6, 6.07) is 7.41. The number of nitrogens with zero attached hydrogens (tertiary/aromatic N) is 5. The van der Waals surface area contributed by atoms with Crippen LogP contribution in [0.4, 0.5) is 4.79 Å². The summed E-state index contributed by atoms with van der Waals surface area (Å²) in [5.41, 5.74) is 3.61. The van der Waals surface area contributed by atoms with E-state index in [2.05, 4.69) is 33.2 Å². The summed E-state index contributed by atoms with van der Waals surface area (Å²) in [6.45, 7) is 2.16. The van der Waals surface area contributed by atoms with Crippen LogP contribution in [0.5, 0.6) is 0 Å². The molecule has 1 spiro atoms. The second-order valence-electron chi connectivity index (χ2n) is 8.18. The molecule has 2 aromatic rings. The van der Waals surface area contributed by atoms with E-state index in [1.807, 2.05) is 24.3 Å². The molecule has 2 fully saturated rings. The van der Waals surface area contributed by atoms with E-state index in [1.54, 1.807) is 4.68 Å². The van der Waals surface area contributed by atoms with Gasteiger partial charge in [-0.3, -0.25) is 15.0 Å². The van der Waals surface area contributed by atoms with E-state index < -0.39 is 17.5 Å². The van der Waals surface area contributed by atoms with E-state index in [4.69, 9.17) is 0 Å². The second-order valence-corrected chi connectivity index (χ2v) is 9.12. The van der Waals surface area contributed by atoms with Crippen LogP contribution in [0.15, 0.2) is 29.4 Å². The van der Waals surface area contributed by atoms with Gasteiger partial charge in [-0.1, -0.05) is 56.5 Å². The van der Waals surface area contributed by atoms with Gasteiger partial charge >= 0.3 is 6.03 Å². The van der Waals surface area contributed by atoms with Gasteiger partial charge in [-0.2, -0.15) is 9.69 Å². The topological polar surface area (TPSA) is 122 Å². The Kier molecular flexibility index (Phi) is 6.73. The number of amides is 4. The van der Waals surface area contributed by atoms with Crippen molar-refractivity contribution in [2.75, 3.05) is 5.75 Å². The van der Waals surface area contributed by atoms with Gasteiger partial charge in [-0.15, -0.1) is 5.10 Å². The molecule has 2 N–H and O–H groups in total. The van der Waals surface area contributed by atoms with Gasteiger partial charge in [-0.05, 0) is 53.8 Å². The number of nitrogens with one attached hydrogen (secondary N) is 2. The van der Waals surface area contributed by atoms with Gasteiger partial charge in [0.2, 0.25) is 11.1 Å². The first-order valence-electron chi connectivity index (χ1n) is 11.0. The lowest BCUT2D eigenvalue weighted by Crippen LogP contribution is -2.51. The van der Waals surface area contributed by atoms with Gasteiger partial charge < -0.3 is 5.32 Å². The molecule has 10 nitrogen and oxygen atoms in total. The first-order valence-corrected chi connectivity index (χ1v) is 12.0. The number of thioether (sulfide) groups is 1. The number of imide groups is 1. The highest BCUT2D eigenvalue weighted by Gasteiger charge is 2.52. The first-order chi connectivity index (χ1) is 15.5. The molecule has 4 amide bonds. The Labute approximate surface area is 190 Å². The number of carbonyl (C=O) groups is 3. The molecule has 1 saturated heterocycles. The molecule has 1 aliphatic heterocycles. The van der Waals surface area contributed by atoms with Crippen molar-refractivity contribution >= 4 is 29.6 Å². The summed E-state index contributed by atoms with van der Waals surface area (Å²) < 4.78 is 1.56. The molecule has 32 heavy (non-hydrogen) atoms. The maximum Gasteiger partial charge on any atom is 0.344 e. The molecule has 170 valence electrons. The number of benzene rings is 1. The normalized spacial score (nSPS) is 17.6. The van der Waals surface area contributed by atoms with Crippen LogP contribution < -0.4 is 10.7 Å². The summed E-state index contributed by atoms with van der Waals surface area (Å²) >= 11 is 1.13. The predicted octanol–water partition coefficient (Wildman–Crippen LogP) is 2.38. The maximum absolute atomic E-state index is 12.8. The number of aromatic nitrogens is 4. The van der Waals surface area contributed by atoms with Crippen molar-refractivity contribution in [3.05, 3.63) is 29.8 Å². The fourth-order valence-electron chi connectivity index (χ4n) is 4.12. The van der Waals surface area contributed by atoms with E-state index in [0.717, 1.165) is 61.0 Å². The Bertz CT molecular complexity index is 986. The quantitative estimate of drug-likeness (QED) is 0.461. The number of aryl methyl sites for hydroxylation is 1. The molecule has 0 bridgehead atoms. The maximum atomic E-state index is 12.8. The van der Waals surface area contributed by atoms with Gasteiger partial charge in [0.15, 0.2) is 0 Å². The highest BCUT2D eigenvalue weighted by atomic mass is 32.2. The Morgan fingerprint density at radius 2 is 1.94 bits per heavy atom. The molecule has 1 aliphatic carbocycles. The van der Waals surface area contributed by atoms with Crippen molar-refractivity contribution in [1.82, 2.24) is 36.0 Å². The van der Waals surface area contributed by atoms with Gasteiger partial charge in [0, 0.05) is 0 Å². The van der Waals surface area contributed by atoms with E-state index >= 15 is 0 Å². The zero-order chi connectivity index (χ0) is 22.6. The van der Waals surface area contributed by atoms with Gasteiger partial charge in [0.05, 0.1) is 11.4 Å². The van der Waals surface area contributed by atoms with Gasteiger partial charge in [0.1, 0.15) is 5.54 Å².